The molecule has 39 heavy (non-hydrogen) atoms. The molecule has 3 aromatic rings. The lowest BCUT2D eigenvalue weighted by molar-refractivity contribution is -0.134. The molecule has 3 heterocycles. The molecule has 3 N–H and O–H groups in total. The molecule has 2 aliphatic heterocycles. The number of hydroxylamine groups is 1. The summed E-state index contributed by atoms with van der Waals surface area (Å²) in [6.07, 6.45) is 10.0. The zero-order valence-electron chi connectivity index (χ0n) is 21.6. The molecule has 5 rings (SSSR count). The van der Waals surface area contributed by atoms with Crippen molar-refractivity contribution >= 4 is 29.4 Å². The fourth-order valence-corrected chi connectivity index (χ4v) is 5.04. The predicted molar refractivity (Wildman–Crippen MR) is 146 cm³/mol. The van der Waals surface area contributed by atoms with Crippen LogP contribution in [0.15, 0.2) is 95.9 Å². The number of hydrogen-bond donors (Lipinski definition) is 3. The number of hydrogen-bond acceptors (Lipinski definition) is 7. The standard InChI is InChI=1S/C29H29N5O5/c1-19-25(28(35)36)27(34-24-9-4-3-8-23(24)31-39-34)26(29(37)38)20(2)33(19)15-6-5-7-21-10-12-22(13-11-21)17-32-16-14-30-18-32/h3-5,7-14,16,18,27,31H,6,15,17H2,1-2H3,(H,35,36)(H,37,38). The van der Waals surface area contributed by atoms with Crippen molar-refractivity contribution in [3.63, 3.8) is 0 Å². The maximum Gasteiger partial charge on any atom is 0.335 e. The third-order valence-electron chi connectivity index (χ3n) is 6.96. The summed E-state index contributed by atoms with van der Waals surface area (Å²) in [5.41, 5.74) is 6.99. The first kappa shape index (κ1) is 25.8. The summed E-state index contributed by atoms with van der Waals surface area (Å²) < 4.78 is 2.00. The molecule has 200 valence electrons. The lowest BCUT2D eigenvalue weighted by atomic mass is 9.90. The summed E-state index contributed by atoms with van der Waals surface area (Å²) >= 11 is 0. The average Bonchev–Trinajstić information content (AvgIpc) is 3.58. The SMILES string of the molecule is CC1=C(C(=O)O)C(N2ONc3ccccc32)C(C(=O)O)=C(C)N1CCC=Cc1ccc(Cn2ccnc2)cc1. The van der Waals surface area contributed by atoms with Crippen molar-refractivity contribution in [2.45, 2.75) is 32.9 Å². The van der Waals surface area contributed by atoms with E-state index in [1.807, 2.05) is 41.1 Å². The van der Waals surface area contributed by atoms with Crippen LogP contribution in [0.2, 0.25) is 0 Å². The monoisotopic (exact) mass is 527 g/mol. The first-order valence-electron chi connectivity index (χ1n) is 12.5. The van der Waals surface area contributed by atoms with Crippen molar-refractivity contribution in [2.75, 3.05) is 17.1 Å². The molecular weight excluding hydrogens is 498 g/mol. The Morgan fingerprint density at radius 3 is 2.36 bits per heavy atom. The van der Waals surface area contributed by atoms with Gasteiger partial charge in [0, 0.05) is 36.9 Å². The van der Waals surface area contributed by atoms with Gasteiger partial charge in [-0.25, -0.2) is 25.1 Å². The van der Waals surface area contributed by atoms with Gasteiger partial charge < -0.3 is 19.7 Å². The van der Waals surface area contributed by atoms with Crippen LogP contribution in [0.1, 0.15) is 31.4 Å². The summed E-state index contributed by atoms with van der Waals surface area (Å²) in [6.45, 7) is 4.58. The molecule has 2 aliphatic rings. The van der Waals surface area contributed by atoms with Gasteiger partial charge in [-0.3, -0.25) is 0 Å². The van der Waals surface area contributed by atoms with Gasteiger partial charge >= 0.3 is 11.9 Å². The van der Waals surface area contributed by atoms with E-state index >= 15 is 0 Å². The lowest BCUT2D eigenvalue weighted by Crippen LogP contribution is -2.47. The van der Waals surface area contributed by atoms with E-state index in [1.165, 1.54) is 5.06 Å². The van der Waals surface area contributed by atoms with Crippen molar-refractivity contribution in [3.05, 3.63) is 107 Å². The number of carboxylic acids is 2. The van der Waals surface area contributed by atoms with Crippen molar-refractivity contribution in [2.24, 2.45) is 0 Å². The number of anilines is 2. The summed E-state index contributed by atoms with van der Waals surface area (Å²) in [4.78, 5) is 36.4. The second-order valence-electron chi connectivity index (χ2n) is 9.37. The Balaban J connectivity index is 1.35. The smallest absolute Gasteiger partial charge is 0.335 e. The van der Waals surface area contributed by atoms with E-state index in [-0.39, 0.29) is 11.1 Å². The number of nitrogens with one attached hydrogen (secondary N) is 1. The number of benzene rings is 2. The molecule has 0 radical (unpaired) electrons. The number of para-hydroxylation sites is 2. The molecule has 0 atom stereocenters. The van der Waals surface area contributed by atoms with Crippen LogP contribution < -0.4 is 10.5 Å². The van der Waals surface area contributed by atoms with Gasteiger partial charge in [0.15, 0.2) is 0 Å². The van der Waals surface area contributed by atoms with Crippen LogP contribution in [-0.2, 0) is 21.1 Å². The number of aliphatic carboxylic acids is 2. The van der Waals surface area contributed by atoms with Crippen molar-refractivity contribution < 1.29 is 24.7 Å². The summed E-state index contributed by atoms with van der Waals surface area (Å²) in [5, 5.41) is 21.7. The Labute approximate surface area is 225 Å². The van der Waals surface area contributed by atoms with Gasteiger partial charge in [0.05, 0.1) is 28.8 Å². The van der Waals surface area contributed by atoms with Gasteiger partial charge in [-0.15, -0.1) is 0 Å². The van der Waals surface area contributed by atoms with Crippen LogP contribution >= 0.6 is 0 Å². The molecule has 0 bridgehead atoms. The number of allylic oxidation sites excluding steroid dienone is 2. The van der Waals surface area contributed by atoms with Crippen LogP contribution in [0.5, 0.6) is 0 Å². The van der Waals surface area contributed by atoms with E-state index in [4.69, 9.17) is 4.94 Å². The maximum absolute atomic E-state index is 12.5. The highest BCUT2D eigenvalue weighted by molar-refractivity contribution is 5.99. The summed E-state index contributed by atoms with van der Waals surface area (Å²) in [5.74, 6) is -2.40. The summed E-state index contributed by atoms with van der Waals surface area (Å²) in [7, 11) is 0. The van der Waals surface area contributed by atoms with Gasteiger partial charge in [0.1, 0.15) is 6.04 Å². The third kappa shape index (κ3) is 5.14. The van der Waals surface area contributed by atoms with Gasteiger partial charge in [-0.05, 0) is 43.5 Å². The predicted octanol–water partition coefficient (Wildman–Crippen LogP) is 4.51. The number of carboxylic acid groups (broad SMARTS) is 2. The highest BCUT2D eigenvalue weighted by atomic mass is 16.8. The van der Waals surface area contributed by atoms with Gasteiger partial charge in [0.25, 0.3) is 0 Å². The zero-order chi connectivity index (χ0) is 27.5. The molecule has 1 aromatic heterocycles. The molecule has 0 amide bonds. The summed E-state index contributed by atoms with van der Waals surface area (Å²) in [6, 6.07) is 14.2. The Kier molecular flexibility index (Phi) is 7.20. The molecule has 0 saturated carbocycles. The second-order valence-corrected chi connectivity index (χ2v) is 9.37. The van der Waals surface area contributed by atoms with Crippen LogP contribution in [0.4, 0.5) is 11.4 Å². The number of aromatic nitrogens is 2. The number of carbonyl (C=O) groups is 2. The first-order chi connectivity index (χ1) is 18.8. The number of rotatable bonds is 9. The van der Waals surface area contributed by atoms with Gasteiger partial charge in [0.2, 0.25) is 0 Å². The third-order valence-corrected chi connectivity index (χ3v) is 6.96. The molecule has 0 spiro atoms. The van der Waals surface area contributed by atoms with Crippen molar-refractivity contribution in [3.8, 4) is 0 Å². The molecule has 0 fully saturated rings. The molecular formula is C29H29N5O5. The van der Waals surface area contributed by atoms with E-state index in [1.54, 1.807) is 49.5 Å². The fourth-order valence-electron chi connectivity index (χ4n) is 5.04. The number of nitrogens with zero attached hydrogens (tertiary/aromatic N) is 4. The number of fused-ring (bicyclic) bond motifs is 1. The minimum atomic E-state index is -1.20. The minimum absolute atomic E-state index is 0.0473. The van der Waals surface area contributed by atoms with E-state index < -0.39 is 18.0 Å². The van der Waals surface area contributed by atoms with Gasteiger partial charge in [-0.1, -0.05) is 48.6 Å². The Morgan fingerprint density at radius 1 is 1.03 bits per heavy atom. The topological polar surface area (TPSA) is 120 Å². The van der Waals surface area contributed by atoms with E-state index in [2.05, 4.69) is 22.6 Å². The van der Waals surface area contributed by atoms with Crippen LogP contribution in [0.25, 0.3) is 6.08 Å². The lowest BCUT2D eigenvalue weighted by Gasteiger charge is -2.39. The minimum Gasteiger partial charge on any atom is -0.478 e. The fraction of sp³-hybridized carbons (Fsp3) is 0.207. The second kappa shape index (κ2) is 10.9. The largest absolute Gasteiger partial charge is 0.478 e. The Bertz CT molecular complexity index is 1440. The first-order valence-corrected chi connectivity index (χ1v) is 12.5. The maximum atomic E-state index is 12.5. The molecule has 10 nitrogen and oxygen atoms in total. The van der Waals surface area contributed by atoms with E-state index in [0.717, 1.165) is 17.7 Å². The number of imidazole rings is 1. The molecule has 0 aliphatic carbocycles. The zero-order valence-corrected chi connectivity index (χ0v) is 21.6. The Morgan fingerprint density at radius 2 is 1.72 bits per heavy atom. The van der Waals surface area contributed by atoms with Crippen LogP contribution in [0, 0.1) is 0 Å². The highest BCUT2D eigenvalue weighted by Gasteiger charge is 2.44. The van der Waals surface area contributed by atoms with E-state index in [0.29, 0.717) is 35.7 Å². The van der Waals surface area contributed by atoms with Crippen LogP contribution in [0.3, 0.4) is 0 Å². The Hall–Kier alpha value is -4.83. The van der Waals surface area contributed by atoms with E-state index in [9.17, 15) is 19.8 Å². The van der Waals surface area contributed by atoms with Crippen LogP contribution in [-0.4, -0.2) is 49.2 Å². The van der Waals surface area contributed by atoms with Gasteiger partial charge in [-0.2, -0.15) is 4.94 Å². The molecule has 0 unspecified atom stereocenters. The molecule has 0 saturated heterocycles. The normalized spacial score (nSPS) is 15.7. The van der Waals surface area contributed by atoms with Crippen molar-refractivity contribution in [1.29, 1.82) is 0 Å². The quantitative estimate of drug-likeness (QED) is 0.369. The molecule has 10 heteroatoms. The molecule has 2 aromatic carbocycles. The van der Waals surface area contributed by atoms with Crippen molar-refractivity contribution in [1.82, 2.24) is 14.5 Å². The highest BCUT2D eigenvalue weighted by Crippen LogP contribution is 2.41. The average molecular weight is 528 g/mol.